The molecule has 0 aliphatic rings. The summed E-state index contributed by atoms with van der Waals surface area (Å²) in [7, 11) is 0. The van der Waals surface area contributed by atoms with Crippen molar-refractivity contribution in [2.24, 2.45) is 5.92 Å². The predicted octanol–water partition coefficient (Wildman–Crippen LogP) is 4.04. The first-order valence-corrected chi connectivity index (χ1v) is 8.15. The zero-order chi connectivity index (χ0) is 16.1. The molecule has 0 aliphatic carbocycles. The lowest BCUT2D eigenvalue weighted by Gasteiger charge is -2.10. The molecule has 0 saturated carbocycles. The summed E-state index contributed by atoms with van der Waals surface area (Å²) in [6.45, 7) is 4.64. The van der Waals surface area contributed by atoms with Crippen LogP contribution in [-0.2, 0) is 0 Å². The van der Waals surface area contributed by atoms with Crippen LogP contribution in [0.1, 0.15) is 33.9 Å². The third-order valence-corrected chi connectivity index (χ3v) is 4.09. The van der Waals surface area contributed by atoms with E-state index in [9.17, 15) is 9.59 Å². The molecule has 2 rings (SSSR count). The smallest absolute Gasteiger partial charge is 0.265 e. The van der Waals surface area contributed by atoms with E-state index in [0.717, 1.165) is 0 Å². The maximum atomic E-state index is 12.1. The number of carbonyl (C=O) groups excluding carboxylic acids is 2. The number of halogens is 1. The number of rotatable bonds is 5. The van der Waals surface area contributed by atoms with E-state index in [1.807, 2.05) is 19.2 Å². The zero-order valence-electron chi connectivity index (χ0n) is 12.4. The molecule has 22 heavy (non-hydrogen) atoms. The third kappa shape index (κ3) is 4.32. The Balaban J connectivity index is 2.13. The molecule has 2 aromatic rings. The molecule has 4 nitrogen and oxygen atoms in total. The number of anilines is 1. The van der Waals surface area contributed by atoms with Crippen molar-refractivity contribution in [2.75, 3.05) is 11.9 Å². The van der Waals surface area contributed by atoms with Gasteiger partial charge in [-0.3, -0.25) is 9.59 Å². The van der Waals surface area contributed by atoms with Gasteiger partial charge in [-0.15, -0.1) is 11.3 Å². The Hall–Kier alpha value is -1.85. The van der Waals surface area contributed by atoms with E-state index in [4.69, 9.17) is 11.6 Å². The average molecular weight is 337 g/mol. The number of hydrogen-bond acceptors (Lipinski definition) is 3. The van der Waals surface area contributed by atoms with Crippen molar-refractivity contribution in [3.05, 3.63) is 51.2 Å². The van der Waals surface area contributed by atoms with Gasteiger partial charge in [0, 0.05) is 12.1 Å². The molecule has 0 bridgehead atoms. The lowest BCUT2D eigenvalue weighted by molar-refractivity contribution is 0.0947. The second kappa shape index (κ2) is 7.42. The van der Waals surface area contributed by atoms with Gasteiger partial charge in [-0.2, -0.15) is 0 Å². The molecule has 0 saturated heterocycles. The van der Waals surface area contributed by atoms with Crippen LogP contribution in [0.3, 0.4) is 0 Å². The Morgan fingerprint density at radius 1 is 1.23 bits per heavy atom. The van der Waals surface area contributed by atoms with E-state index >= 15 is 0 Å². The maximum Gasteiger partial charge on any atom is 0.265 e. The molecule has 6 heteroatoms. The van der Waals surface area contributed by atoms with E-state index in [0.29, 0.717) is 33.6 Å². The van der Waals surface area contributed by atoms with Gasteiger partial charge in [0.15, 0.2) is 0 Å². The van der Waals surface area contributed by atoms with Gasteiger partial charge < -0.3 is 10.6 Å². The highest BCUT2D eigenvalue weighted by molar-refractivity contribution is 7.12. The quantitative estimate of drug-likeness (QED) is 0.865. The minimum Gasteiger partial charge on any atom is -0.352 e. The van der Waals surface area contributed by atoms with Gasteiger partial charge in [0.25, 0.3) is 11.8 Å². The van der Waals surface area contributed by atoms with Crippen LogP contribution < -0.4 is 10.6 Å². The van der Waals surface area contributed by atoms with Gasteiger partial charge in [0.05, 0.1) is 15.6 Å². The summed E-state index contributed by atoms with van der Waals surface area (Å²) in [5.41, 5.74) is 0.892. The number of carbonyl (C=O) groups is 2. The van der Waals surface area contributed by atoms with Crippen molar-refractivity contribution in [3.63, 3.8) is 0 Å². The Labute approximate surface area is 138 Å². The molecule has 0 fully saturated rings. The molecule has 2 N–H and O–H groups in total. The summed E-state index contributed by atoms with van der Waals surface area (Å²) >= 11 is 7.43. The highest BCUT2D eigenvalue weighted by atomic mass is 35.5. The summed E-state index contributed by atoms with van der Waals surface area (Å²) in [5.74, 6) is -0.0529. The molecule has 1 heterocycles. The molecule has 1 aromatic heterocycles. The first kappa shape index (κ1) is 16.5. The maximum absolute atomic E-state index is 12.1. The largest absolute Gasteiger partial charge is 0.352 e. The summed E-state index contributed by atoms with van der Waals surface area (Å²) in [6, 6.07) is 8.36. The molecular weight excluding hydrogens is 320 g/mol. The van der Waals surface area contributed by atoms with Crippen LogP contribution in [0.15, 0.2) is 35.7 Å². The number of thiophene rings is 1. The fourth-order valence-electron chi connectivity index (χ4n) is 1.75. The van der Waals surface area contributed by atoms with Crippen molar-refractivity contribution in [1.82, 2.24) is 5.32 Å². The molecule has 0 spiro atoms. The van der Waals surface area contributed by atoms with E-state index in [1.165, 1.54) is 11.3 Å². The number of amides is 2. The van der Waals surface area contributed by atoms with Crippen LogP contribution in [0.25, 0.3) is 0 Å². The fraction of sp³-hybridized carbons (Fsp3) is 0.250. The van der Waals surface area contributed by atoms with E-state index < -0.39 is 0 Å². The van der Waals surface area contributed by atoms with Gasteiger partial charge in [0.2, 0.25) is 0 Å². The molecule has 0 radical (unpaired) electrons. The van der Waals surface area contributed by atoms with Gasteiger partial charge in [-0.05, 0) is 35.6 Å². The molecule has 116 valence electrons. The fourth-order valence-corrected chi connectivity index (χ4v) is 2.54. The van der Waals surface area contributed by atoms with Gasteiger partial charge in [-0.25, -0.2) is 0 Å². The topological polar surface area (TPSA) is 58.2 Å². The van der Waals surface area contributed by atoms with Crippen molar-refractivity contribution >= 4 is 40.4 Å². The van der Waals surface area contributed by atoms with Crippen molar-refractivity contribution in [1.29, 1.82) is 0 Å². The summed E-state index contributed by atoms with van der Waals surface area (Å²) in [4.78, 5) is 24.7. The number of hydrogen-bond donors (Lipinski definition) is 2. The summed E-state index contributed by atoms with van der Waals surface area (Å²) in [6.07, 6.45) is 0. The Morgan fingerprint density at radius 2 is 2.00 bits per heavy atom. The van der Waals surface area contributed by atoms with Crippen molar-refractivity contribution < 1.29 is 9.59 Å². The monoisotopic (exact) mass is 336 g/mol. The molecule has 0 aliphatic heterocycles. The molecule has 2 amide bonds. The molecule has 0 atom stereocenters. The Bertz CT molecular complexity index is 669. The number of nitrogens with one attached hydrogen (secondary N) is 2. The van der Waals surface area contributed by atoms with Crippen molar-refractivity contribution in [2.45, 2.75) is 13.8 Å². The number of benzene rings is 1. The van der Waals surface area contributed by atoms with Crippen LogP contribution in [0, 0.1) is 5.92 Å². The standard InChI is InChI=1S/C16H17ClN2O2S/c1-10(2)9-18-15(20)11-5-6-12(17)13(8-11)19-16(21)14-4-3-7-22-14/h3-8,10H,9H2,1-2H3,(H,18,20)(H,19,21). The first-order valence-electron chi connectivity index (χ1n) is 6.90. The van der Waals surface area contributed by atoms with Gasteiger partial charge in [0.1, 0.15) is 0 Å². The highest BCUT2D eigenvalue weighted by Crippen LogP contribution is 2.24. The van der Waals surface area contributed by atoms with Crippen LogP contribution >= 0.6 is 22.9 Å². The second-order valence-corrected chi connectivity index (χ2v) is 6.58. The van der Waals surface area contributed by atoms with Crippen molar-refractivity contribution in [3.8, 4) is 0 Å². The third-order valence-electron chi connectivity index (χ3n) is 2.89. The van der Waals surface area contributed by atoms with E-state index in [-0.39, 0.29) is 11.8 Å². The first-order chi connectivity index (χ1) is 10.5. The van der Waals surface area contributed by atoms with E-state index in [2.05, 4.69) is 10.6 Å². The summed E-state index contributed by atoms with van der Waals surface area (Å²) in [5, 5.41) is 7.79. The normalized spacial score (nSPS) is 10.5. The van der Waals surface area contributed by atoms with Crippen LogP contribution in [0.4, 0.5) is 5.69 Å². The minimum absolute atomic E-state index is 0.183. The minimum atomic E-state index is -0.239. The lowest BCUT2D eigenvalue weighted by atomic mass is 10.1. The summed E-state index contributed by atoms with van der Waals surface area (Å²) < 4.78 is 0. The lowest BCUT2D eigenvalue weighted by Crippen LogP contribution is -2.27. The van der Waals surface area contributed by atoms with Gasteiger partial charge in [-0.1, -0.05) is 31.5 Å². The molecular formula is C16H17ClN2O2S. The molecule has 0 unspecified atom stereocenters. The highest BCUT2D eigenvalue weighted by Gasteiger charge is 2.13. The van der Waals surface area contributed by atoms with Gasteiger partial charge >= 0.3 is 0 Å². The Morgan fingerprint density at radius 3 is 2.64 bits per heavy atom. The van der Waals surface area contributed by atoms with Crippen LogP contribution in [0.5, 0.6) is 0 Å². The Kier molecular flexibility index (Phi) is 5.57. The average Bonchev–Trinajstić information content (AvgIpc) is 3.01. The SMILES string of the molecule is CC(C)CNC(=O)c1ccc(Cl)c(NC(=O)c2cccs2)c1. The zero-order valence-corrected chi connectivity index (χ0v) is 13.9. The predicted molar refractivity (Wildman–Crippen MR) is 90.9 cm³/mol. The molecule has 1 aromatic carbocycles. The van der Waals surface area contributed by atoms with Crippen LogP contribution in [-0.4, -0.2) is 18.4 Å². The second-order valence-electron chi connectivity index (χ2n) is 5.23. The van der Waals surface area contributed by atoms with E-state index in [1.54, 1.807) is 30.3 Å². The van der Waals surface area contributed by atoms with Crippen LogP contribution in [0.2, 0.25) is 5.02 Å².